The fourth-order valence-corrected chi connectivity index (χ4v) is 2.62. The Morgan fingerprint density at radius 1 is 1.14 bits per heavy atom. The van der Waals surface area contributed by atoms with Gasteiger partial charge in [-0.2, -0.15) is 0 Å². The van der Waals surface area contributed by atoms with Crippen LogP contribution >= 0.6 is 11.3 Å². The molecule has 0 fully saturated rings. The molecule has 0 saturated heterocycles. The van der Waals surface area contributed by atoms with Crippen molar-refractivity contribution < 1.29 is 18.0 Å². The molecule has 2 aromatic heterocycles. The zero-order valence-corrected chi connectivity index (χ0v) is 12.1. The van der Waals surface area contributed by atoms with E-state index in [9.17, 15) is 13.6 Å². The highest BCUT2D eigenvalue weighted by atomic mass is 32.1. The third-order valence-electron chi connectivity index (χ3n) is 3.03. The number of thiophene rings is 1. The Morgan fingerprint density at radius 2 is 2.00 bits per heavy atom. The maximum atomic E-state index is 13.1. The molecule has 3 nitrogen and oxygen atoms in total. The molecule has 0 atom stereocenters. The van der Waals surface area contributed by atoms with Crippen LogP contribution < -0.4 is 5.32 Å². The Morgan fingerprint density at radius 3 is 2.73 bits per heavy atom. The first kappa shape index (κ1) is 14.5. The highest BCUT2D eigenvalue weighted by Crippen LogP contribution is 2.26. The number of hydrogen-bond acceptors (Lipinski definition) is 3. The van der Waals surface area contributed by atoms with E-state index in [0.29, 0.717) is 5.76 Å². The molecule has 112 valence electrons. The van der Waals surface area contributed by atoms with E-state index < -0.39 is 17.5 Å². The van der Waals surface area contributed by atoms with Gasteiger partial charge in [-0.25, -0.2) is 8.78 Å². The molecular weight excluding hydrogens is 308 g/mol. The van der Waals surface area contributed by atoms with Crippen LogP contribution in [0.5, 0.6) is 0 Å². The summed E-state index contributed by atoms with van der Waals surface area (Å²) in [5.74, 6) is -1.21. The molecule has 0 radical (unpaired) electrons. The average molecular weight is 319 g/mol. The Balaban J connectivity index is 1.65. The van der Waals surface area contributed by atoms with Crippen molar-refractivity contribution >= 4 is 17.2 Å². The van der Waals surface area contributed by atoms with E-state index in [0.717, 1.165) is 22.8 Å². The Bertz CT molecular complexity index is 796. The number of carbonyl (C=O) groups excluding carboxylic acids is 1. The Labute approximate surface area is 129 Å². The predicted octanol–water partition coefficient (Wildman–Crippen LogP) is 4.22. The van der Waals surface area contributed by atoms with E-state index >= 15 is 0 Å². The second kappa shape index (κ2) is 6.11. The van der Waals surface area contributed by atoms with E-state index in [1.165, 1.54) is 6.07 Å². The lowest BCUT2D eigenvalue weighted by molar-refractivity contribution is 0.0947. The van der Waals surface area contributed by atoms with Crippen molar-refractivity contribution in [2.75, 3.05) is 0 Å². The molecule has 0 bridgehead atoms. The van der Waals surface area contributed by atoms with Gasteiger partial charge in [0.25, 0.3) is 5.91 Å². The number of benzene rings is 1. The molecule has 0 aliphatic heterocycles. The molecule has 0 unspecified atom stereocenters. The van der Waals surface area contributed by atoms with Crippen LogP contribution in [0.4, 0.5) is 8.78 Å². The SMILES string of the molecule is O=C(NCc1ccc(-c2cccs2)o1)c1ccc(F)c(F)c1. The number of rotatable bonds is 4. The molecule has 6 heteroatoms. The fourth-order valence-electron chi connectivity index (χ4n) is 1.93. The van der Waals surface area contributed by atoms with Crippen LogP contribution in [0.15, 0.2) is 52.3 Å². The minimum atomic E-state index is -1.05. The zero-order chi connectivity index (χ0) is 15.5. The van der Waals surface area contributed by atoms with E-state index in [-0.39, 0.29) is 12.1 Å². The number of halogens is 2. The molecule has 2 heterocycles. The van der Waals surface area contributed by atoms with Crippen LogP contribution in [0.1, 0.15) is 16.1 Å². The third-order valence-corrected chi connectivity index (χ3v) is 3.92. The van der Waals surface area contributed by atoms with Crippen LogP contribution in [0.25, 0.3) is 10.6 Å². The second-order valence-electron chi connectivity index (χ2n) is 4.55. The molecule has 1 N–H and O–H groups in total. The maximum absolute atomic E-state index is 13.1. The van der Waals surface area contributed by atoms with Crippen molar-refractivity contribution in [2.45, 2.75) is 6.54 Å². The highest BCUT2D eigenvalue weighted by Gasteiger charge is 2.11. The molecule has 0 aliphatic carbocycles. The summed E-state index contributed by atoms with van der Waals surface area (Å²) < 4.78 is 31.5. The van der Waals surface area contributed by atoms with Crippen LogP contribution in [0.2, 0.25) is 0 Å². The highest BCUT2D eigenvalue weighted by molar-refractivity contribution is 7.13. The first-order chi connectivity index (χ1) is 10.6. The van der Waals surface area contributed by atoms with Gasteiger partial charge < -0.3 is 9.73 Å². The van der Waals surface area contributed by atoms with Gasteiger partial charge in [0, 0.05) is 5.56 Å². The predicted molar refractivity (Wildman–Crippen MR) is 79.5 cm³/mol. The summed E-state index contributed by atoms with van der Waals surface area (Å²) in [4.78, 5) is 12.9. The minimum absolute atomic E-state index is 0.0592. The summed E-state index contributed by atoms with van der Waals surface area (Å²) in [6.45, 7) is 0.170. The van der Waals surface area contributed by atoms with Gasteiger partial charge in [-0.1, -0.05) is 6.07 Å². The fraction of sp³-hybridized carbons (Fsp3) is 0.0625. The lowest BCUT2D eigenvalue weighted by Crippen LogP contribution is -2.22. The summed E-state index contributed by atoms with van der Waals surface area (Å²) in [6, 6.07) is 10.5. The van der Waals surface area contributed by atoms with Crippen molar-refractivity contribution in [3.05, 3.63) is 70.8 Å². The Kier molecular flexibility index (Phi) is 4.02. The monoisotopic (exact) mass is 319 g/mol. The van der Waals surface area contributed by atoms with Crippen molar-refractivity contribution in [3.63, 3.8) is 0 Å². The summed E-state index contributed by atoms with van der Waals surface area (Å²) in [5, 5.41) is 4.55. The molecule has 22 heavy (non-hydrogen) atoms. The summed E-state index contributed by atoms with van der Waals surface area (Å²) >= 11 is 1.56. The smallest absolute Gasteiger partial charge is 0.251 e. The summed E-state index contributed by atoms with van der Waals surface area (Å²) in [7, 11) is 0. The lowest BCUT2D eigenvalue weighted by atomic mass is 10.2. The van der Waals surface area contributed by atoms with Crippen LogP contribution in [0.3, 0.4) is 0 Å². The van der Waals surface area contributed by atoms with Gasteiger partial charge in [0.2, 0.25) is 0 Å². The maximum Gasteiger partial charge on any atom is 0.251 e. The second-order valence-corrected chi connectivity index (χ2v) is 5.50. The minimum Gasteiger partial charge on any atom is -0.458 e. The van der Waals surface area contributed by atoms with Crippen molar-refractivity contribution in [1.82, 2.24) is 5.32 Å². The van der Waals surface area contributed by atoms with Crippen molar-refractivity contribution in [1.29, 1.82) is 0 Å². The molecule has 0 saturated carbocycles. The topological polar surface area (TPSA) is 42.2 Å². The quantitative estimate of drug-likeness (QED) is 0.782. The number of furan rings is 1. The van der Waals surface area contributed by atoms with E-state index in [2.05, 4.69) is 5.32 Å². The number of nitrogens with one attached hydrogen (secondary N) is 1. The van der Waals surface area contributed by atoms with Gasteiger partial charge in [-0.15, -0.1) is 11.3 Å². The van der Waals surface area contributed by atoms with E-state index in [1.54, 1.807) is 17.4 Å². The summed E-state index contributed by atoms with van der Waals surface area (Å²) in [5.41, 5.74) is 0.0592. The molecular formula is C16H11F2NO2S. The molecule has 3 rings (SSSR count). The average Bonchev–Trinajstić information content (AvgIpc) is 3.18. The molecule has 1 amide bonds. The standard InChI is InChI=1S/C16H11F2NO2S/c17-12-5-3-10(8-13(12)18)16(20)19-9-11-4-6-14(21-11)15-2-1-7-22-15/h1-8H,9H2,(H,19,20). The number of hydrogen-bond donors (Lipinski definition) is 1. The van der Waals surface area contributed by atoms with Crippen molar-refractivity contribution in [3.8, 4) is 10.6 Å². The van der Waals surface area contributed by atoms with Gasteiger partial charge in [0.1, 0.15) is 11.5 Å². The third kappa shape index (κ3) is 3.07. The molecule has 0 aliphatic rings. The van der Waals surface area contributed by atoms with Gasteiger partial charge in [-0.05, 0) is 41.8 Å². The molecule has 1 aromatic carbocycles. The summed E-state index contributed by atoms with van der Waals surface area (Å²) in [6.07, 6.45) is 0. The molecule has 3 aromatic rings. The van der Waals surface area contributed by atoms with Gasteiger partial charge in [-0.3, -0.25) is 4.79 Å². The molecule has 0 spiro atoms. The largest absolute Gasteiger partial charge is 0.458 e. The van der Waals surface area contributed by atoms with Crippen LogP contribution in [-0.2, 0) is 6.54 Å². The van der Waals surface area contributed by atoms with Gasteiger partial charge in [0.15, 0.2) is 11.6 Å². The Hall–Kier alpha value is -2.47. The van der Waals surface area contributed by atoms with Crippen molar-refractivity contribution in [2.24, 2.45) is 0 Å². The first-order valence-corrected chi connectivity index (χ1v) is 7.37. The number of amides is 1. The normalized spacial score (nSPS) is 10.6. The number of carbonyl (C=O) groups is 1. The van der Waals surface area contributed by atoms with Gasteiger partial charge >= 0.3 is 0 Å². The van der Waals surface area contributed by atoms with Gasteiger partial charge in [0.05, 0.1) is 11.4 Å². The van der Waals surface area contributed by atoms with Crippen LogP contribution in [0, 0.1) is 11.6 Å². The van der Waals surface area contributed by atoms with E-state index in [4.69, 9.17) is 4.42 Å². The zero-order valence-electron chi connectivity index (χ0n) is 11.3. The lowest BCUT2D eigenvalue weighted by Gasteiger charge is -2.04. The van der Waals surface area contributed by atoms with Crippen LogP contribution in [-0.4, -0.2) is 5.91 Å². The first-order valence-electron chi connectivity index (χ1n) is 6.49. The van der Waals surface area contributed by atoms with E-state index in [1.807, 2.05) is 23.6 Å².